The van der Waals surface area contributed by atoms with Crippen LogP contribution in [0.2, 0.25) is 0 Å². The monoisotopic (exact) mass is 282 g/mol. The molecule has 3 nitrogen and oxygen atoms in total. The molecule has 0 unspecified atom stereocenters. The van der Waals surface area contributed by atoms with Crippen molar-refractivity contribution in [2.75, 3.05) is 5.75 Å². The zero-order chi connectivity index (χ0) is 13.9. The molecule has 1 aromatic carbocycles. The Balaban J connectivity index is 2.45. The van der Waals surface area contributed by atoms with Gasteiger partial charge in [-0.05, 0) is 24.5 Å². The molecule has 2 atom stereocenters. The molecule has 2 rings (SSSR count). The summed E-state index contributed by atoms with van der Waals surface area (Å²) in [5.74, 6) is 0.0800. The number of hydrogen-bond donors (Lipinski definition) is 1. The number of aliphatic hydroxyl groups excluding tert-OH is 1. The average Bonchev–Trinajstić information content (AvgIpc) is 2.42. The molecule has 1 aliphatic rings. The van der Waals surface area contributed by atoms with Gasteiger partial charge in [-0.15, -0.1) is 0 Å². The third-order valence-electron chi connectivity index (χ3n) is 3.98. The van der Waals surface area contributed by atoms with Crippen LogP contribution in [-0.2, 0) is 9.84 Å². The van der Waals surface area contributed by atoms with Crippen molar-refractivity contribution in [2.45, 2.75) is 55.9 Å². The fraction of sp³-hybridized carbons (Fsp3) is 0.600. The zero-order valence-electron chi connectivity index (χ0n) is 11.4. The molecule has 0 bridgehead atoms. The second kappa shape index (κ2) is 6.06. The fourth-order valence-electron chi connectivity index (χ4n) is 2.71. The van der Waals surface area contributed by atoms with Gasteiger partial charge in [-0.3, -0.25) is 0 Å². The molecule has 1 N–H and O–H groups in total. The molecule has 4 heteroatoms. The maximum atomic E-state index is 12.4. The van der Waals surface area contributed by atoms with E-state index >= 15 is 0 Å². The molecule has 106 valence electrons. The lowest BCUT2D eigenvalue weighted by atomic mass is 9.92. The molecule has 0 fully saturated rings. The highest BCUT2D eigenvalue weighted by Gasteiger charge is 2.25. The van der Waals surface area contributed by atoms with E-state index in [9.17, 15) is 13.5 Å². The van der Waals surface area contributed by atoms with E-state index in [0.717, 1.165) is 31.2 Å². The Hall–Kier alpha value is -0.870. The predicted molar refractivity (Wildman–Crippen MR) is 76.0 cm³/mol. The summed E-state index contributed by atoms with van der Waals surface area (Å²) in [4.78, 5) is 0.406. The van der Waals surface area contributed by atoms with Crippen LogP contribution in [-0.4, -0.2) is 25.4 Å². The number of sulfone groups is 1. The van der Waals surface area contributed by atoms with Crippen molar-refractivity contribution in [2.24, 2.45) is 0 Å². The first-order valence-electron chi connectivity index (χ1n) is 7.02. The SMILES string of the molecule is C[C@@H]1c2ccccc2S(=O)(=O)CCCCCC[C@H]1O. The molecule has 19 heavy (non-hydrogen) atoms. The van der Waals surface area contributed by atoms with Gasteiger partial charge in [-0.2, -0.15) is 0 Å². The summed E-state index contributed by atoms with van der Waals surface area (Å²) in [7, 11) is -3.23. The van der Waals surface area contributed by atoms with Gasteiger partial charge in [0, 0.05) is 5.92 Å². The Morgan fingerprint density at radius 3 is 2.58 bits per heavy atom. The summed E-state index contributed by atoms with van der Waals surface area (Å²) >= 11 is 0. The van der Waals surface area contributed by atoms with Crippen LogP contribution >= 0.6 is 0 Å². The Labute approximate surface area is 115 Å². The lowest BCUT2D eigenvalue weighted by Crippen LogP contribution is -2.18. The topological polar surface area (TPSA) is 54.4 Å². The van der Waals surface area contributed by atoms with Gasteiger partial charge in [0.1, 0.15) is 0 Å². The Bertz CT molecular complexity index is 522. The predicted octanol–water partition coefficient (Wildman–Crippen LogP) is 2.89. The Morgan fingerprint density at radius 2 is 1.79 bits per heavy atom. The van der Waals surface area contributed by atoms with Crippen LogP contribution in [0, 0.1) is 0 Å². The largest absolute Gasteiger partial charge is 0.393 e. The van der Waals surface area contributed by atoms with Crippen LogP contribution in [0.3, 0.4) is 0 Å². The molecule has 1 aliphatic heterocycles. The zero-order valence-corrected chi connectivity index (χ0v) is 12.2. The van der Waals surface area contributed by atoms with Gasteiger partial charge in [-0.1, -0.05) is 44.4 Å². The maximum Gasteiger partial charge on any atom is 0.178 e. The van der Waals surface area contributed by atoms with E-state index in [1.165, 1.54) is 0 Å². The molecule has 0 amide bonds. The van der Waals surface area contributed by atoms with Gasteiger partial charge in [0.25, 0.3) is 0 Å². The van der Waals surface area contributed by atoms with E-state index in [0.29, 0.717) is 11.3 Å². The number of fused-ring (bicyclic) bond motifs is 1. The second-order valence-electron chi connectivity index (χ2n) is 5.42. The van der Waals surface area contributed by atoms with Crippen LogP contribution in [0.4, 0.5) is 0 Å². The standard InChI is InChI=1S/C15H22O3S/c1-12-13-8-5-6-10-15(13)19(17,18)11-7-3-2-4-9-14(12)16/h5-6,8,10,12,14,16H,2-4,7,9,11H2,1H3/t12-,14-/m1/s1. The van der Waals surface area contributed by atoms with Crippen molar-refractivity contribution in [3.63, 3.8) is 0 Å². The quantitative estimate of drug-likeness (QED) is 0.796. The smallest absolute Gasteiger partial charge is 0.178 e. The highest BCUT2D eigenvalue weighted by Crippen LogP contribution is 2.30. The van der Waals surface area contributed by atoms with Crippen molar-refractivity contribution >= 4 is 9.84 Å². The van der Waals surface area contributed by atoms with Crippen LogP contribution in [0.15, 0.2) is 29.2 Å². The van der Waals surface area contributed by atoms with E-state index in [2.05, 4.69) is 0 Å². The molecular weight excluding hydrogens is 260 g/mol. The van der Waals surface area contributed by atoms with Crippen LogP contribution in [0.5, 0.6) is 0 Å². The van der Waals surface area contributed by atoms with E-state index in [4.69, 9.17) is 0 Å². The summed E-state index contributed by atoms with van der Waals surface area (Å²) in [6.07, 6.45) is 3.87. The molecule has 0 aliphatic carbocycles. The highest BCUT2D eigenvalue weighted by molar-refractivity contribution is 7.91. The first-order valence-corrected chi connectivity index (χ1v) is 8.67. The first kappa shape index (κ1) is 14.5. The average molecular weight is 282 g/mol. The van der Waals surface area contributed by atoms with Crippen LogP contribution < -0.4 is 0 Å². The minimum atomic E-state index is -3.23. The second-order valence-corrected chi connectivity index (χ2v) is 7.49. The normalized spacial score (nSPS) is 28.1. The van der Waals surface area contributed by atoms with Crippen LogP contribution in [0.1, 0.15) is 50.5 Å². The van der Waals surface area contributed by atoms with E-state index < -0.39 is 15.9 Å². The van der Waals surface area contributed by atoms with Crippen molar-refractivity contribution in [3.05, 3.63) is 29.8 Å². The Kier molecular flexibility index (Phi) is 4.63. The number of aliphatic hydroxyl groups is 1. The summed E-state index contributed by atoms with van der Waals surface area (Å²) in [5, 5.41) is 10.2. The van der Waals surface area contributed by atoms with E-state index in [-0.39, 0.29) is 11.7 Å². The molecule has 1 heterocycles. The van der Waals surface area contributed by atoms with E-state index in [1.54, 1.807) is 12.1 Å². The van der Waals surface area contributed by atoms with Gasteiger partial charge < -0.3 is 5.11 Å². The van der Waals surface area contributed by atoms with Gasteiger partial charge in [0.15, 0.2) is 9.84 Å². The molecule has 0 aromatic heterocycles. The van der Waals surface area contributed by atoms with Gasteiger partial charge in [0.2, 0.25) is 0 Å². The van der Waals surface area contributed by atoms with E-state index in [1.807, 2.05) is 19.1 Å². The Morgan fingerprint density at radius 1 is 1.11 bits per heavy atom. The summed E-state index contributed by atoms with van der Waals surface area (Å²) < 4.78 is 24.8. The molecular formula is C15H22O3S. The lowest BCUT2D eigenvalue weighted by molar-refractivity contribution is 0.135. The van der Waals surface area contributed by atoms with Crippen LogP contribution in [0.25, 0.3) is 0 Å². The summed E-state index contributed by atoms with van der Waals surface area (Å²) in [6, 6.07) is 7.11. The number of benzene rings is 1. The first-order chi connectivity index (χ1) is 9.02. The molecule has 0 spiro atoms. The third-order valence-corrected chi connectivity index (χ3v) is 5.85. The number of rotatable bonds is 0. The van der Waals surface area contributed by atoms with Crippen molar-refractivity contribution < 1.29 is 13.5 Å². The fourth-order valence-corrected chi connectivity index (χ4v) is 4.41. The third kappa shape index (κ3) is 3.37. The molecule has 0 saturated carbocycles. The minimum Gasteiger partial charge on any atom is -0.393 e. The van der Waals surface area contributed by atoms with Crippen molar-refractivity contribution in [3.8, 4) is 0 Å². The number of hydrogen-bond acceptors (Lipinski definition) is 3. The van der Waals surface area contributed by atoms with Gasteiger partial charge >= 0.3 is 0 Å². The highest BCUT2D eigenvalue weighted by atomic mass is 32.2. The van der Waals surface area contributed by atoms with Gasteiger partial charge in [-0.25, -0.2) is 8.42 Å². The van der Waals surface area contributed by atoms with Crippen molar-refractivity contribution in [1.29, 1.82) is 0 Å². The minimum absolute atomic E-state index is 0.135. The molecule has 0 saturated heterocycles. The summed E-state index contributed by atoms with van der Waals surface area (Å²) in [5.41, 5.74) is 0.761. The summed E-state index contributed by atoms with van der Waals surface area (Å²) in [6.45, 7) is 1.91. The molecule has 1 aromatic rings. The van der Waals surface area contributed by atoms with Gasteiger partial charge in [0.05, 0.1) is 16.8 Å². The van der Waals surface area contributed by atoms with Crippen molar-refractivity contribution in [1.82, 2.24) is 0 Å². The lowest BCUT2D eigenvalue weighted by Gasteiger charge is -2.21. The molecule has 0 radical (unpaired) electrons. The maximum absolute atomic E-state index is 12.4.